The number of rotatable bonds is 9. The SMILES string of the molecule is COC(CNC(=O)CS(=O)(=O)Cc1nc(-c2ccccc2F)oc1C)OC. The topological polar surface area (TPSA) is 108 Å². The molecule has 0 fully saturated rings. The Morgan fingerprint density at radius 1 is 1.30 bits per heavy atom. The summed E-state index contributed by atoms with van der Waals surface area (Å²) < 4.78 is 53.6. The molecule has 0 aliphatic carbocycles. The average molecular weight is 400 g/mol. The fourth-order valence-corrected chi connectivity index (χ4v) is 3.57. The molecule has 1 N–H and O–H groups in total. The number of methoxy groups -OCH3 is 2. The van der Waals surface area contributed by atoms with Gasteiger partial charge in [0, 0.05) is 14.2 Å². The van der Waals surface area contributed by atoms with Gasteiger partial charge in [-0.2, -0.15) is 0 Å². The van der Waals surface area contributed by atoms with Gasteiger partial charge >= 0.3 is 0 Å². The highest BCUT2D eigenvalue weighted by Gasteiger charge is 2.23. The minimum atomic E-state index is -3.81. The van der Waals surface area contributed by atoms with E-state index >= 15 is 0 Å². The van der Waals surface area contributed by atoms with E-state index < -0.39 is 39.4 Å². The van der Waals surface area contributed by atoms with Crippen molar-refractivity contribution in [1.82, 2.24) is 10.3 Å². The first-order chi connectivity index (χ1) is 12.8. The first-order valence-electron chi connectivity index (χ1n) is 7.99. The molecule has 0 bridgehead atoms. The molecule has 0 saturated carbocycles. The van der Waals surface area contributed by atoms with Gasteiger partial charge in [0.15, 0.2) is 16.1 Å². The molecule has 27 heavy (non-hydrogen) atoms. The minimum Gasteiger partial charge on any atom is -0.441 e. The van der Waals surface area contributed by atoms with Gasteiger partial charge in [-0.1, -0.05) is 12.1 Å². The number of hydrogen-bond donors (Lipinski definition) is 1. The van der Waals surface area contributed by atoms with Crippen LogP contribution in [-0.4, -0.2) is 52.1 Å². The van der Waals surface area contributed by atoms with Crippen molar-refractivity contribution < 1.29 is 31.5 Å². The standard InChI is InChI=1S/C17H21FN2O6S/c1-11-14(20-17(26-11)12-6-4-5-7-13(12)18)9-27(22,23)10-15(21)19-8-16(24-2)25-3/h4-7,16H,8-10H2,1-3H3,(H,19,21). The van der Waals surface area contributed by atoms with Gasteiger partial charge < -0.3 is 19.2 Å². The average Bonchev–Trinajstić information content (AvgIpc) is 2.95. The van der Waals surface area contributed by atoms with E-state index in [1.807, 2.05) is 0 Å². The Kier molecular flexibility index (Phi) is 7.05. The number of aromatic nitrogens is 1. The largest absolute Gasteiger partial charge is 0.441 e. The van der Waals surface area contributed by atoms with Crippen LogP contribution in [0, 0.1) is 12.7 Å². The second-order valence-electron chi connectivity index (χ2n) is 5.74. The number of carbonyl (C=O) groups is 1. The number of aryl methyl sites for hydroxylation is 1. The maximum Gasteiger partial charge on any atom is 0.235 e. The van der Waals surface area contributed by atoms with Gasteiger partial charge in [-0.25, -0.2) is 17.8 Å². The molecule has 1 aromatic heterocycles. The van der Waals surface area contributed by atoms with Crippen LogP contribution < -0.4 is 5.32 Å². The molecule has 1 heterocycles. The van der Waals surface area contributed by atoms with Crippen molar-refractivity contribution in [2.45, 2.75) is 19.0 Å². The lowest BCUT2D eigenvalue weighted by molar-refractivity contribution is -0.125. The highest BCUT2D eigenvalue weighted by Crippen LogP contribution is 2.25. The van der Waals surface area contributed by atoms with Crippen molar-refractivity contribution in [3.05, 3.63) is 41.5 Å². The number of hydrogen-bond acceptors (Lipinski definition) is 7. The zero-order valence-corrected chi connectivity index (χ0v) is 16.0. The van der Waals surface area contributed by atoms with Crippen LogP contribution in [0.1, 0.15) is 11.5 Å². The molecule has 10 heteroatoms. The van der Waals surface area contributed by atoms with Crippen molar-refractivity contribution in [2.75, 3.05) is 26.5 Å². The fourth-order valence-electron chi connectivity index (χ4n) is 2.28. The van der Waals surface area contributed by atoms with E-state index in [9.17, 15) is 17.6 Å². The number of ether oxygens (including phenoxy) is 2. The normalized spacial score (nSPS) is 11.7. The fraction of sp³-hybridized carbons (Fsp3) is 0.412. The van der Waals surface area contributed by atoms with E-state index in [0.29, 0.717) is 0 Å². The van der Waals surface area contributed by atoms with Gasteiger partial charge in [0.05, 0.1) is 23.6 Å². The minimum absolute atomic E-state index is 0.0108. The Morgan fingerprint density at radius 3 is 2.59 bits per heavy atom. The molecule has 0 spiro atoms. The predicted molar refractivity (Wildman–Crippen MR) is 94.9 cm³/mol. The molecule has 2 aromatic rings. The number of nitrogens with one attached hydrogen (secondary N) is 1. The molecule has 0 saturated heterocycles. The van der Waals surface area contributed by atoms with Crippen LogP contribution in [0.25, 0.3) is 11.5 Å². The first-order valence-corrected chi connectivity index (χ1v) is 9.81. The molecule has 0 unspecified atom stereocenters. The Balaban J connectivity index is 2.05. The van der Waals surface area contributed by atoms with E-state index in [0.717, 1.165) is 0 Å². The number of amides is 1. The Labute approximate surface area is 156 Å². The van der Waals surface area contributed by atoms with E-state index in [1.54, 1.807) is 6.07 Å². The van der Waals surface area contributed by atoms with Gasteiger partial charge in [0.1, 0.15) is 17.3 Å². The summed E-state index contributed by atoms with van der Waals surface area (Å²) in [5.41, 5.74) is 0.264. The summed E-state index contributed by atoms with van der Waals surface area (Å²) in [5.74, 6) is -2.21. The summed E-state index contributed by atoms with van der Waals surface area (Å²) in [6.07, 6.45) is -0.669. The second-order valence-corrected chi connectivity index (χ2v) is 7.80. The monoisotopic (exact) mass is 400 g/mol. The molecular weight excluding hydrogens is 379 g/mol. The Bertz CT molecular complexity index is 893. The molecule has 0 atom stereocenters. The third-order valence-electron chi connectivity index (χ3n) is 3.70. The zero-order chi connectivity index (χ0) is 20.0. The van der Waals surface area contributed by atoms with E-state index in [-0.39, 0.29) is 29.5 Å². The van der Waals surface area contributed by atoms with Gasteiger partial charge in [-0.3, -0.25) is 4.79 Å². The number of benzene rings is 1. The molecule has 2 rings (SSSR count). The third kappa shape index (κ3) is 5.84. The molecular formula is C17H21FN2O6S. The highest BCUT2D eigenvalue weighted by molar-refractivity contribution is 7.91. The number of nitrogens with zero attached hydrogens (tertiary/aromatic N) is 1. The predicted octanol–water partition coefficient (Wildman–Crippen LogP) is 1.44. The van der Waals surface area contributed by atoms with E-state index in [1.165, 1.54) is 39.3 Å². The third-order valence-corrected chi connectivity index (χ3v) is 5.11. The van der Waals surface area contributed by atoms with Crippen molar-refractivity contribution in [3.8, 4) is 11.5 Å². The molecule has 148 valence electrons. The summed E-state index contributed by atoms with van der Waals surface area (Å²) >= 11 is 0. The van der Waals surface area contributed by atoms with Crippen LogP contribution >= 0.6 is 0 Å². The lowest BCUT2D eigenvalue weighted by atomic mass is 10.2. The molecule has 0 aliphatic heterocycles. The molecule has 1 aromatic carbocycles. The van der Waals surface area contributed by atoms with Gasteiger partial charge in [0.2, 0.25) is 11.8 Å². The summed E-state index contributed by atoms with van der Waals surface area (Å²) in [7, 11) is -1.01. The van der Waals surface area contributed by atoms with Crippen LogP contribution in [0.15, 0.2) is 28.7 Å². The quantitative estimate of drug-likeness (QED) is 0.635. The van der Waals surface area contributed by atoms with E-state index in [4.69, 9.17) is 13.9 Å². The summed E-state index contributed by atoms with van der Waals surface area (Å²) in [5, 5.41) is 2.42. The molecule has 0 aliphatic rings. The second kappa shape index (κ2) is 9.07. The Morgan fingerprint density at radius 2 is 1.96 bits per heavy atom. The lowest BCUT2D eigenvalue weighted by Gasteiger charge is -2.13. The highest BCUT2D eigenvalue weighted by atomic mass is 32.2. The van der Waals surface area contributed by atoms with Gasteiger partial charge in [0.25, 0.3) is 0 Å². The smallest absolute Gasteiger partial charge is 0.235 e. The summed E-state index contributed by atoms with van der Waals surface area (Å²) in [4.78, 5) is 15.9. The molecule has 8 nitrogen and oxygen atoms in total. The van der Waals surface area contributed by atoms with Gasteiger partial charge in [-0.05, 0) is 19.1 Å². The number of halogens is 1. The van der Waals surface area contributed by atoms with Crippen molar-refractivity contribution in [1.29, 1.82) is 0 Å². The van der Waals surface area contributed by atoms with Crippen molar-refractivity contribution >= 4 is 15.7 Å². The lowest BCUT2D eigenvalue weighted by Crippen LogP contribution is -2.37. The van der Waals surface area contributed by atoms with E-state index in [2.05, 4.69) is 10.3 Å². The van der Waals surface area contributed by atoms with Crippen LogP contribution in [0.2, 0.25) is 0 Å². The van der Waals surface area contributed by atoms with Crippen LogP contribution in [0.4, 0.5) is 4.39 Å². The number of carbonyl (C=O) groups excluding carboxylic acids is 1. The molecule has 1 amide bonds. The van der Waals surface area contributed by atoms with Crippen molar-refractivity contribution in [3.63, 3.8) is 0 Å². The summed E-state index contributed by atoms with van der Waals surface area (Å²) in [6, 6.07) is 5.87. The molecule has 0 radical (unpaired) electrons. The number of sulfone groups is 1. The summed E-state index contributed by atoms with van der Waals surface area (Å²) in [6.45, 7) is 1.55. The van der Waals surface area contributed by atoms with Gasteiger partial charge in [-0.15, -0.1) is 0 Å². The Hall–Kier alpha value is -2.30. The first kappa shape index (κ1) is 21.0. The van der Waals surface area contributed by atoms with Crippen molar-refractivity contribution in [2.24, 2.45) is 0 Å². The number of oxazole rings is 1. The maximum absolute atomic E-state index is 13.8. The van der Waals surface area contributed by atoms with Crippen LogP contribution in [0.3, 0.4) is 0 Å². The zero-order valence-electron chi connectivity index (χ0n) is 15.2. The maximum atomic E-state index is 13.8. The van der Waals surface area contributed by atoms with Crippen LogP contribution in [0.5, 0.6) is 0 Å². The van der Waals surface area contributed by atoms with Crippen LogP contribution in [-0.2, 0) is 29.9 Å².